The number of likely N-dealkylation sites (N-methyl/N-ethyl adjacent to an activating group) is 1. The number of pyridine rings is 1. The summed E-state index contributed by atoms with van der Waals surface area (Å²) in [6.45, 7) is 5.24. The van der Waals surface area contributed by atoms with Crippen LogP contribution in [-0.4, -0.2) is 11.5 Å². The van der Waals surface area contributed by atoms with Gasteiger partial charge in [0, 0.05) is 18.4 Å². The maximum Gasteiger partial charge on any atom is 0.0376 e. The van der Waals surface area contributed by atoms with Crippen molar-refractivity contribution in [3.63, 3.8) is 0 Å². The summed E-state index contributed by atoms with van der Waals surface area (Å²) < 4.78 is 0. The van der Waals surface area contributed by atoms with Crippen molar-refractivity contribution in [3.05, 3.63) is 65.5 Å². The Labute approximate surface area is 109 Å². The molecule has 18 heavy (non-hydrogen) atoms. The number of hydrogen-bond acceptors (Lipinski definition) is 2. The molecule has 0 saturated carbocycles. The van der Waals surface area contributed by atoms with E-state index in [0.29, 0.717) is 6.04 Å². The fourth-order valence-corrected chi connectivity index (χ4v) is 2.21. The first-order valence-electron chi connectivity index (χ1n) is 6.48. The van der Waals surface area contributed by atoms with Crippen LogP contribution in [-0.2, 0) is 6.42 Å². The first-order valence-corrected chi connectivity index (χ1v) is 6.48. The quantitative estimate of drug-likeness (QED) is 0.867. The first-order chi connectivity index (χ1) is 8.79. The molecule has 0 aliphatic heterocycles. The lowest BCUT2D eigenvalue weighted by atomic mass is 9.99. The summed E-state index contributed by atoms with van der Waals surface area (Å²) in [6.07, 6.45) is 4.77. The van der Waals surface area contributed by atoms with E-state index in [4.69, 9.17) is 0 Å². The Morgan fingerprint density at radius 3 is 2.78 bits per heavy atom. The van der Waals surface area contributed by atoms with Crippen molar-refractivity contribution in [2.75, 3.05) is 6.54 Å². The summed E-state index contributed by atoms with van der Waals surface area (Å²) in [6, 6.07) is 13.2. The van der Waals surface area contributed by atoms with Crippen molar-refractivity contribution in [1.29, 1.82) is 0 Å². The maximum absolute atomic E-state index is 4.21. The Morgan fingerprint density at radius 1 is 1.22 bits per heavy atom. The van der Waals surface area contributed by atoms with Crippen LogP contribution in [0.2, 0.25) is 0 Å². The normalized spacial score (nSPS) is 12.3. The molecule has 1 N–H and O–H groups in total. The molecular formula is C16H20N2. The molecule has 0 bridgehead atoms. The SMILES string of the molecule is CCNC(Cc1cccc(C)c1)c1cccnc1. The van der Waals surface area contributed by atoms with E-state index in [-0.39, 0.29) is 0 Å². The number of nitrogens with zero attached hydrogens (tertiary/aromatic N) is 1. The number of nitrogens with one attached hydrogen (secondary N) is 1. The highest BCUT2D eigenvalue weighted by Crippen LogP contribution is 2.18. The van der Waals surface area contributed by atoms with E-state index < -0.39 is 0 Å². The molecule has 0 spiro atoms. The molecule has 1 atom stereocenters. The van der Waals surface area contributed by atoms with Crippen LogP contribution in [0.1, 0.15) is 29.7 Å². The average Bonchev–Trinajstić information content (AvgIpc) is 2.39. The minimum Gasteiger partial charge on any atom is -0.310 e. The minimum atomic E-state index is 0.338. The van der Waals surface area contributed by atoms with Crippen LogP contribution < -0.4 is 5.32 Å². The summed E-state index contributed by atoms with van der Waals surface area (Å²) in [7, 11) is 0. The Balaban J connectivity index is 2.16. The lowest BCUT2D eigenvalue weighted by molar-refractivity contribution is 0.548. The zero-order valence-corrected chi connectivity index (χ0v) is 11.1. The smallest absolute Gasteiger partial charge is 0.0376 e. The predicted octanol–water partition coefficient (Wildman–Crippen LogP) is 3.28. The first kappa shape index (κ1) is 12.8. The van der Waals surface area contributed by atoms with Gasteiger partial charge in [0.25, 0.3) is 0 Å². The van der Waals surface area contributed by atoms with Gasteiger partial charge in [-0.3, -0.25) is 4.98 Å². The molecule has 1 unspecified atom stereocenters. The van der Waals surface area contributed by atoms with Crippen molar-refractivity contribution in [3.8, 4) is 0 Å². The second-order valence-electron chi connectivity index (χ2n) is 4.59. The lowest BCUT2D eigenvalue weighted by Gasteiger charge is -2.18. The molecule has 1 aromatic carbocycles. The summed E-state index contributed by atoms with van der Waals surface area (Å²) in [5, 5.41) is 3.53. The van der Waals surface area contributed by atoms with Gasteiger partial charge in [-0.05, 0) is 37.1 Å². The third-order valence-corrected chi connectivity index (χ3v) is 3.06. The number of aryl methyl sites for hydroxylation is 1. The zero-order chi connectivity index (χ0) is 12.8. The third-order valence-electron chi connectivity index (χ3n) is 3.06. The minimum absolute atomic E-state index is 0.338. The van der Waals surface area contributed by atoms with Gasteiger partial charge < -0.3 is 5.32 Å². The molecule has 0 fully saturated rings. The Hall–Kier alpha value is -1.67. The van der Waals surface area contributed by atoms with Crippen LogP contribution in [0.15, 0.2) is 48.8 Å². The van der Waals surface area contributed by atoms with Crippen molar-refractivity contribution in [2.24, 2.45) is 0 Å². The van der Waals surface area contributed by atoms with Crippen molar-refractivity contribution in [1.82, 2.24) is 10.3 Å². The van der Waals surface area contributed by atoms with Crippen LogP contribution in [0.5, 0.6) is 0 Å². The summed E-state index contributed by atoms with van der Waals surface area (Å²) in [4.78, 5) is 4.21. The molecule has 0 amide bonds. The molecule has 1 aromatic heterocycles. The lowest BCUT2D eigenvalue weighted by Crippen LogP contribution is -2.23. The third kappa shape index (κ3) is 3.41. The van der Waals surface area contributed by atoms with Crippen molar-refractivity contribution in [2.45, 2.75) is 26.3 Å². The van der Waals surface area contributed by atoms with Gasteiger partial charge >= 0.3 is 0 Å². The monoisotopic (exact) mass is 240 g/mol. The zero-order valence-electron chi connectivity index (χ0n) is 11.1. The van der Waals surface area contributed by atoms with Gasteiger partial charge in [0.1, 0.15) is 0 Å². The number of aromatic nitrogens is 1. The molecule has 2 nitrogen and oxygen atoms in total. The topological polar surface area (TPSA) is 24.9 Å². The van der Waals surface area contributed by atoms with Gasteiger partial charge in [-0.1, -0.05) is 42.8 Å². The van der Waals surface area contributed by atoms with Gasteiger partial charge in [0.15, 0.2) is 0 Å². The number of rotatable bonds is 5. The second kappa shape index (κ2) is 6.31. The van der Waals surface area contributed by atoms with Gasteiger partial charge in [0.05, 0.1) is 0 Å². The Morgan fingerprint density at radius 2 is 2.11 bits per heavy atom. The maximum atomic E-state index is 4.21. The van der Waals surface area contributed by atoms with Gasteiger partial charge in [-0.15, -0.1) is 0 Å². The fourth-order valence-electron chi connectivity index (χ4n) is 2.21. The van der Waals surface area contributed by atoms with Crippen LogP contribution in [0.3, 0.4) is 0 Å². The Kier molecular flexibility index (Phi) is 4.48. The molecule has 2 rings (SSSR count). The van der Waals surface area contributed by atoms with Crippen molar-refractivity contribution >= 4 is 0 Å². The fraction of sp³-hybridized carbons (Fsp3) is 0.312. The Bertz CT molecular complexity index is 479. The summed E-state index contributed by atoms with van der Waals surface area (Å²) in [5.74, 6) is 0. The van der Waals surface area contributed by atoms with E-state index in [1.807, 2.05) is 18.5 Å². The standard InChI is InChI=1S/C16H20N2/c1-3-18-16(15-8-5-9-17-12-15)11-14-7-4-6-13(2)10-14/h4-10,12,16,18H,3,11H2,1-2H3. The van der Waals surface area contributed by atoms with Gasteiger partial charge in [-0.2, -0.15) is 0 Å². The molecular weight excluding hydrogens is 220 g/mol. The highest BCUT2D eigenvalue weighted by atomic mass is 14.9. The van der Waals surface area contributed by atoms with E-state index in [9.17, 15) is 0 Å². The molecule has 0 aliphatic rings. The molecule has 0 saturated heterocycles. The van der Waals surface area contributed by atoms with Crippen LogP contribution in [0.25, 0.3) is 0 Å². The molecule has 0 aliphatic carbocycles. The highest BCUT2D eigenvalue weighted by molar-refractivity contribution is 5.25. The molecule has 2 heteroatoms. The van der Waals surface area contributed by atoms with E-state index in [0.717, 1.165) is 13.0 Å². The van der Waals surface area contributed by atoms with Crippen molar-refractivity contribution < 1.29 is 0 Å². The predicted molar refractivity (Wildman–Crippen MR) is 75.5 cm³/mol. The largest absolute Gasteiger partial charge is 0.310 e. The summed E-state index contributed by atoms with van der Waals surface area (Å²) >= 11 is 0. The van der Waals surface area contributed by atoms with E-state index in [1.54, 1.807) is 0 Å². The molecule has 94 valence electrons. The second-order valence-corrected chi connectivity index (χ2v) is 4.59. The van der Waals surface area contributed by atoms with Crippen LogP contribution in [0.4, 0.5) is 0 Å². The molecule has 0 radical (unpaired) electrons. The summed E-state index contributed by atoms with van der Waals surface area (Å²) in [5.41, 5.74) is 3.93. The number of benzene rings is 1. The van der Waals surface area contributed by atoms with E-state index in [2.05, 4.69) is 54.5 Å². The average molecular weight is 240 g/mol. The highest BCUT2D eigenvalue weighted by Gasteiger charge is 2.10. The van der Waals surface area contributed by atoms with E-state index in [1.165, 1.54) is 16.7 Å². The van der Waals surface area contributed by atoms with E-state index >= 15 is 0 Å². The van der Waals surface area contributed by atoms with Crippen LogP contribution >= 0.6 is 0 Å². The number of hydrogen-bond donors (Lipinski definition) is 1. The van der Waals surface area contributed by atoms with Gasteiger partial charge in [0.2, 0.25) is 0 Å². The molecule has 1 heterocycles. The van der Waals surface area contributed by atoms with Crippen LogP contribution in [0, 0.1) is 6.92 Å². The van der Waals surface area contributed by atoms with Gasteiger partial charge in [-0.25, -0.2) is 0 Å². The molecule has 2 aromatic rings.